The van der Waals surface area contributed by atoms with Crippen molar-refractivity contribution in [1.29, 1.82) is 0 Å². The Morgan fingerprint density at radius 3 is 2.45 bits per heavy atom. The molecule has 0 unspecified atom stereocenters. The molecule has 0 aliphatic heterocycles. The highest BCUT2D eigenvalue weighted by Crippen LogP contribution is 2.20. The number of hydrogen-bond acceptors (Lipinski definition) is 5. The van der Waals surface area contributed by atoms with E-state index >= 15 is 0 Å². The molecule has 1 aromatic heterocycles. The van der Waals surface area contributed by atoms with Crippen molar-refractivity contribution in [3.8, 4) is 11.3 Å². The maximum Gasteiger partial charge on any atom is 0.310 e. The predicted octanol–water partition coefficient (Wildman–Crippen LogP) is 2.37. The first-order valence-corrected chi connectivity index (χ1v) is 5.86. The summed E-state index contributed by atoms with van der Waals surface area (Å²) < 4.78 is 4.57. The van der Waals surface area contributed by atoms with Crippen LogP contribution in [0.4, 0.5) is 5.69 Å². The van der Waals surface area contributed by atoms with Gasteiger partial charge in [0.1, 0.15) is 0 Å². The lowest BCUT2D eigenvalue weighted by Gasteiger charge is -2.03. The molecule has 2 aromatic rings. The number of hydrogen-bond donors (Lipinski definition) is 0. The number of ether oxygens (including phenoxy) is 1. The molecule has 0 aliphatic rings. The summed E-state index contributed by atoms with van der Waals surface area (Å²) in [7, 11) is 1.33. The van der Waals surface area contributed by atoms with Crippen LogP contribution < -0.4 is 0 Å². The second-order valence-corrected chi connectivity index (χ2v) is 4.11. The van der Waals surface area contributed by atoms with E-state index in [4.69, 9.17) is 0 Å². The van der Waals surface area contributed by atoms with Gasteiger partial charge in [-0.3, -0.25) is 19.9 Å². The predicted molar refractivity (Wildman–Crippen MR) is 72.0 cm³/mol. The summed E-state index contributed by atoms with van der Waals surface area (Å²) in [5, 5.41) is 10.6. The first-order valence-electron chi connectivity index (χ1n) is 5.86. The Hall–Kier alpha value is -2.76. The molecule has 0 spiro atoms. The summed E-state index contributed by atoms with van der Waals surface area (Å²) in [4.78, 5) is 25.5. The number of benzene rings is 1. The highest BCUT2D eigenvalue weighted by Gasteiger charge is 2.07. The molecular weight excluding hydrogens is 260 g/mol. The maximum absolute atomic E-state index is 11.1. The van der Waals surface area contributed by atoms with Crippen LogP contribution in [0.25, 0.3) is 11.3 Å². The van der Waals surface area contributed by atoms with Crippen molar-refractivity contribution in [2.24, 2.45) is 0 Å². The van der Waals surface area contributed by atoms with Gasteiger partial charge in [-0.25, -0.2) is 0 Å². The molecule has 1 aromatic carbocycles. The minimum absolute atomic E-state index is 0.0380. The van der Waals surface area contributed by atoms with Crippen LogP contribution in [0.3, 0.4) is 0 Å². The van der Waals surface area contributed by atoms with Crippen molar-refractivity contribution in [2.45, 2.75) is 6.42 Å². The number of pyridine rings is 1. The summed E-state index contributed by atoms with van der Waals surface area (Å²) in [6, 6.07) is 9.68. The minimum Gasteiger partial charge on any atom is -0.469 e. The molecule has 20 heavy (non-hydrogen) atoms. The number of non-ortho nitro benzene ring substituents is 1. The second kappa shape index (κ2) is 5.92. The van der Waals surface area contributed by atoms with Crippen LogP contribution in [0, 0.1) is 10.1 Å². The number of nitrogens with zero attached hydrogens (tertiary/aromatic N) is 2. The molecule has 6 heteroatoms. The average Bonchev–Trinajstić information content (AvgIpc) is 2.48. The summed E-state index contributed by atoms with van der Waals surface area (Å²) >= 11 is 0. The Kier molecular flexibility index (Phi) is 4.05. The van der Waals surface area contributed by atoms with Gasteiger partial charge in [0.2, 0.25) is 0 Å². The largest absolute Gasteiger partial charge is 0.469 e. The number of nitro benzene ring substituents is 1. The average molecular weight is 272 g/mol. The molecule has 1 heterocycles. The molecule has 2 rings (SSSR count). The number of methoxy groups -OCH3 is 1. The Morgan fingerprint density at radius 1 is 1.25 bits per heavy atom. The maximum atomic E-state index is 11.1. The van der Waals surface area contributed by atoms with E-state index in [-0.39, 0.29) is 18.1 Å². The third kappa shape index (κ3) is 3.17. The molecule has 0 radical (unpaired) electrons. The fraction of sp³-hybridized carbons (Fsp3) is 0.143. The van der Waals surface area contributed by atoms with Gasteiger partial charge >= 0.3 is 5.97 Å². The Labute approximate surface area is 115 Å². The number of nitro groups is 1. The van der Waals surface area contributed by atoms with E-state index in [9.17, 15) is 14.9 Å². The van der Waals surface area contributed by atoms with E-state index in [2.05, 4.69) is 9.72 Å². The topological polar surface area (TPSA) is 82.3 Å². The fourth-order valence-electron chi connectivity index (χ4n) is 1.69. The van der Waals surface area contributed by atoms with Crippen molar-refractivity contribution in [2.75, 3.05) is 7.11 Å². The van der Waals surface area contributed by atoms with Crippen molar-refractivity contribution in [3.05, 3.63) is 58.3 Å². The molecule has 0 N–H and O–H groups in total. The first-order chi connectivity index (χ1) is 9.60. The Balaban J connectivity index is 2.17. The number of carbonyl (C=O) groups excluding carboxylic acids is 1. The smallest absolute Gasteiger partial charge is 0.310 e. The molecule has 0 atom stereocenters. The standard InChI is InChI=1S/C14H12N2O4/c1-20-14(17)8-10-2-7-13(15-9-10)11-3-5-12(6-4-11)16(18)19/h2-7,9H,8H2,1H3. The van der Waals surface area contributed by atoms with Crippen LogP contribution in [0.5, 0.6) is 0 Å². The van der Waals surface area contributed by atoms with E-state index in [0.717, 1.165) is 11.1 Å². The van der Waals surface area contributed by atoms with Crippen molar-refractivity contribution < 1.29 is 14.5 Å². The molecule has 0 amide bonds. The van der Waals surface area contributed by atoms with Crippen LogP contribution in [0.2, 0.25) is 0 Å². The van der Waals surface area contributed by atoms with Crippen LogP contribution >= 0.6 is 0 Å². The van der Waals surface area contributed by atoms with E-state index in [1.54, 1.807) is 30.5 Å². The molecule has 0 saturated heterocycles. The number of carbonyl (C=O) groups is 1. The van der Waals surface area contributed by atoms with Gasteiger partial charge in [0.05, 0.1) is 24.1 Å². The van der Waals surface area contributed by atoms with Crippen LogP contribution in [0.1, 0.15) is 5.56 Å². The zero-order chi connectivity index (χ0) is 14.5. The van der Waals surface area contributed by atoms with E-state index < -0.39 is 4.92 Å². The molecule has 0 aliphatic carbocycles. The lowest BCUT2D eigenvalue weighted by molar-refractivity contribution is -0.384. The summed E-state index contributed by atoms with van der Waals surface area (Å²) in [5.41, 5.74) is 2.26. The summed E-state index contributed by atoms with van der Waals surface area (Å²) in [5.74, 6) is -0.324. The number of esters is 1. The Bertz CT molecular complexity index is 621. The number of aromatic nitrogens is 1. The van der Waals surface area contributed by atoms with Crippen LogP contribution in [0.15, 0.2) is 42.6 Å². The van der Waals surface area contributed by atoms with Crippen molar-refractivity contribution in [1.82, 2.24) is 4.98 Å². The summed E-state index contributed by atoms with van der Waals surface area (Å²) in [6.07, 6.45) is 1.76. The third-order valence-corrected chi connectivity index (χ3v) is 2.77. The monoisotopic (exact) mass is 272 g/mol. The van der Waals surface area contributed by atoms with Crippen LogP contribution in [-0.2, 0) is 16.0 Å². The molecule has 6 nitrogen and oxygen atoms in total. The van der Waals surface area contributed by atoms with Crippen molar-refractivity contribution >= 4 is 11.7 Å². The molecule has 0 bridgehead atoms. The van der Waals surface area contributed by atoms with Gasteiger partial charge in [-0.2, -0.15) is 0 Å². The van der Waals surface area contributed by atoms with Crippen molar-refractivity contribution in [3.63, 3.8) is 0 Å². The van der Waals surface area contributed by atoms with Gasteiger partial charge in [-0.05, 0) is 23.8 Å². The zero-order valence-corrected chi connectivity index (χ0v) is 10.8. The first kappa shape index (κ1) is 13.7. The highest BCUT2D eigenvalue weighted by molar-refractivity contribution is 5.72. The van der Waals surface area contributed by atoms with Gasteiger partial charge < -0.3 is 4.74 Å². The quantitative estimate of drug-likeness (QED) is 0.484. The molecule has 0 saturated carbocycles. The summed E-state index contributed by atoms with van der Waals surface area (Å²) in [6.45, 7) is 0. The van der Waals surface area contributed by atoms with E-state index in [1.807, 2.05) is 0 Å². The van der Waals surface area contributed by atoms with E-state index in [0.29, 0.717) is 5.69 Å². The SMILES string of the molecule is COC(=O)Cc1ccc(-c2ccc([N+](=O)[O-])cc2)nc1. The third-order valence-electron chi connectivity index (χ3n) is 2.77. The van der Waals surface area contributed by atoms with E-state index in [1.165, 1.54) is 19.2 Å². The second-order valence-electron chi connectivity index (χ2n) is 4.11. The molecular formula is C14H12N2O4. The van der Waals surface area contributed by atoms with Gasteiger partial charge in [0, 0.05) is 23.9 Å². The minimum atomic E-state index is -0.448. The van der Waals surface area contributed by atoms with Gasteiger partial charge in [0.25, 0.3) is 5.69 Å². The molecule has 102 valence electrons. The Morgan fingerprint density at radius 2 is 1.95 bits per heavy atom. The van der Waals surface area contributed by atoms with Crippen LogP contribution in [-0.4, -0.2) is 23.0 Å². The highest BCUT2D eigenvalue weighted by atomic mass is 16.6. The fourth-order valence-corrected chi connectivity index (χ4v) is 1.69. The molecule has 0 fully saturated rings. The van der Waals surface area contributed by atoms with Gasteiger partial charge in [-0.15, -0.1) is 0 Å². The lowest BCUT2D eigenvalue weighted by atomic mass is 10.1. The number of rotatable bonds is 4. The van der Waals surface area contributed by atoms with Gasteiger partial charge in [0.15, 0.2) is 0 Å². The van der Waals surface area contributed by atoms with Gasteiger partial charge in [-0.1, -0.05) is 6.07 Å². The lowest BCUT2D eigenvalue weighted by Crippen LogP contribution is -2.04. The normalized spacial score (nSPS) is 10.1. The zero-order valence-electron chi connectivity index (χ0n) is 10.8.